The van der Waals surface area contributed by atoms with Gasteiger partial charge in [0.2, 0.25) is 0 Å². The number of halogens is 1. The molecule has 3 rings (SSSR count). The number of carbonyl (C=O) groups is 1. The van der Waals surface area contributed by atoms with Gasteiger partial charge in [-0.3, -0.25) is 4.79 Å². The summed E-state index contributed by atoms with van der Waals surface area (Å²) in [7, 11) is 0. The number of piperazine rings is 1. The first-order chi connectivity index (χ1) is 12.6. The highest BCUT2D eigenvalue weighted by atomic mass is 35.5. The lowest BCUT2D eigenvalue weighted by molar-refractivity contribution is 0.0740. The van der Waals surface area contributed by atoms with Gasteiger partial charge in [-0.2, -0.15) is 0 Å². The highest BCUT2D eigenvalue weighted by molar-refractivity contribution is 6.30. The predicted octanol–water partition coefficient (Wildman–Crippen LogP) is 3.22. The Bertz CT molecular complexity index is 774. The SMILES string of the molecule is CCCNc1cc(C(=O)N2CCN(c3cccc(Cl)c3)CC2)nc(C)n1. The number of rotatable bonds is 5. The second-order valence-corrected chi connectivity index (χ2v) is 6.81. The summed E-state index contributed by atoms with van der Waals surface area (Å²) < 4.78 is 0. The maximum atomic E-state index is 12.8. The highest BCUT2D eigenvalue weighted by Crippen LogP contribution is 2.21. The number of aromatic nitrogens is 2. The van der Waals surface area contributed by atoms with Crippen LogP contribution in [0.3, 0.4) is 0 Å². The van der Waals surface area contributed by atoms with Crippen LogP contribution in [0.4, 0.5) is 11.5 Å². The van der Waals surface area contributed by atoms with Gasteiger partial charge in [0.25, 0.3) is 5.91 Å². The number of nitrogens with zero attached hydrogens (tertiary/aromatic N) is 4. The zero-order chi connectivity index (χ0) is 18.5. The number of anilines is 2. The maximum Gasteiger partial charge on any atom is 0.272 e. The fraction of sp³-hybridized carbons (Fsp3) is 0.421. The third-order valence-electron chi connectivity index (χ3n) is 4.35. The molecule has 26 heavy (non-hydrogen) atoms. The first-order valence-corrected chi connectivity index (χ1v) is 9.34. The summed E-state index contributed by atoms with van der Waals surface area (Å²) in [4.78, 5) is 25.6. The van der Waals surface area contributed by atoms with Crippen LogP contribution >= 0.6 is 11.6 Å². The Morgan fingerprint density at radius 1 is 1.19 bits per heavy atom. The highest BCUT2D eigenvalue weighted by Gasteiger charge is 2.24. The quantitative estimate of drug-likeness (QED) is 0.871. The minimum absolute atomic E-state index is 0.0409. The second kappa shape index (κ2) is 8.36. The molecule has 1 aliphatic rings. The lowest BCUT2D eigenvalue weighted by atomic mass is 10.2. The lowest BCUT2D eigenvalue weighted by Gasteiger charge is -2.36. The van der Waals surface area contributed by atoms with Crippen LogP contribution in [-0.4, -0.2) is 53.5 Å². The van der Waals surface area contributed by atoms with Crippen molar-refractivity contribution in [1.82, 2.24) is 14.9 Å². The van der Waals surface area contributed by atoms with Gasteiger partial charge in [-0.1, -0.05) is 24.6 Å². The number of carbonyl (C=O) groups excluding carboxylic acids is 1. The van der Waals surface area contributed by atoms with Crippen LogP contribution in [0.1, 0.15) is 29.7 Å². The Morgan fingerprint density at radius 2 is 1.96 bits per heavy atom. The second-order valence-electron chi connectivity index (χ2n) is 6.37. The van der Waals surface area contributed by atoms with Gasteiger partial charge >= 0.3 is 0 Å². The molecule has 1 N–H and O–H groups in total. The Labute approximate surface area is 159 Å². The lowest BCUT2D eigenvalue weighted by Crippen LogP contribution is -2.49. The Balaban J connectivity index is 1.66. The molecule has 1 amide bonds. The van der Waals surface area contributed by atoms with E-state index < -0.39 is 0 Å². The van der Waals surface area contributed by atoms with Crippen molar-refractivity contribution in [3.8, 4) is 0 Å². The number of nitrogens with one attached hydrogen (secondary N) is 1. The normalized spacial score (nSPS) is 14.4. The Morgan fingerprint density at radius 3 is 2.65 bits per heavy atom. The monoisotopic (exact) mass is 373 g/mol. The Kier molecular flexibility index (Phi) is 5.93. The van der Waals surface area contributed by atoms with Crippen LogP contribution in [0.2, 0.25) is 5.02 Å². The molecule has 7 heteroatoms. The predicted molar refractivity (Wildman–Crippen MR) is 105 cm³/mol. The van der Waals surface area contributed by atoms with E-state index in [1.165, 1.54) is 0 Å². The zero-order valence-corrected chi connectivity index (χ0v) is 16.0. The molecule has 0 saturated carbocycles. The number of amides is 1. The van der Waals surface area contributed by atoms with Gasteiger partial charge in [0, 0.05) is 49.5 Å². The van der Waals surface area contributed by atoms with Crippen molar-refractivity contribution < 1.29 is 4.79 Å². The molecule has 1 aromatic heterocycles. The molecule has 0 atom stereocenters. The minimum atomic E-state index is -0.0409. The molecule has 1 aliphatic heterocycles. The first kappa shape index (κ1) is 18.5. The van der Waals surface area contributed by atoms with Crippen molar-refractivity contribution in [2.75, 3.05) is 42.9 Å². The molecule has 0 unspecified atom stereocenters. The van der Waals surface area contributed by atoms with Gasteiger partial charge in [0.1, 0.15) is 17.3 Å². The van der Waals surface area contributed by atoms with Crippen molar-refractivity contribution in [1.29, 1.82) is 0 Å². The number of hydrogen-bond acceptors (Lipinski definition) is 5. The van der Waals surface area contributed by atoms with Crippen LogP contribution < -0.4 is 10.2 Å². The Hall–Kier alpha value is -2.34. The molecule has 0 radical (unpaired) electrons. The fourth-order valence-corrected chi connectivity index (χ4v) is 3.21. The molecule has 1 fully saturated rings. The van der Waals surface area contributed by atoms with Crippen molar-refractivity contribution in [2.45, 2.75) is 20.3 Å². The third-order valence-corrected chi connectivity index (χ3v) is 4.59. The molecular formula is C19H24ClN5O. The van der Waals surface area contributed by atoms with Crippen molar-refractivity contribution >= 4 is 29.0 Å². The molecule has 0 spiro atoms. The van der Waals surface area contributed by atoms with Gasteiger partial charge in [-0.15, -0.1) is 0 Å². The summed E-state index contributed by atoms with van der Waals surface area (Å²) >= 11 is 6.08. The molecule has 0 aliphatic carbocycles. The van der Waals surface area contributed by atoms with Gasteiger partial charge < -0.3 is 15.1 Å². The van der Waals surface area contributed by atoms with E-state index in [1.54, 1.807) is 6.07 Å². The molecule has 2 heterocycles. The standard InChI is InChI=1S/C19H24ClN5O/c1-3-7-21-18-13-17(22-14(2)23-18)19(26)25-10-8-24(9-11-25)16-6-4-5-15(20)12-16/h4-6,12-13H,3,7-11H2,1-2H3,(H,21,22,23). The van der Waals surface area contributed by atoms with E-state index >= 15 is 0 Å². The van der Waals surface area contributed by atoms with Crippen molar-refractivity contribution in [3.05, 3.63) is 46.9 Å². The maximum absolute atomic E-state index is 12.8. The fourth-order valence-electron chi connectivity index (χ4n) is 3.02. The first-order valence-electron chi connectivity index (χ1n) is 8.96. The number of aryl methyl sites for hydroxylation is 1. The van der Waals surface area contributed by atoms with Gasteiger partial charge in [-0.05, 0) is 31.5 Å². The topological polar surface area (TPSA) is 61.4 Å². The smallest absolute Gasteiger partial charge is 0.272 e. The average molecular weight is 374 g/mol. The summed E-state index contributed by atoms with van der Waals surface area (Å²) in [5, 5.41) is 3.95. The van der Waals surface area contributed by atoms with Crippen molar-refractivity contribution in [2.24, 2.45) is 0 Å². The van der Waals surface area contributed by atoms with E-state index in [0.29, 0.717) is 30.4 Å². The molecule has 138 valence electrons. The van der Waals surface area contributed by atoms with Crippen LogP contribution in [0, 0.1) is 6.92 Å². The van der Waals surface area contributed by atoms with Crippen LogP contribution in [0.15, 0.2) is 30.3 Å². The van der Waals surface area contributed by atoms with E-state index in [0.717, 1.165) is 36.8 Å². The molecule has 1 aromatic carbocycles. The van der Waals surface area contributed by atoms with E-state index in [-0.39, 0.29) is 5.91 Å². The largest absolute Gasteiger partial charge is 0.370 e. The van der Waals surface area contributed by atoms with Gasteiger partial charge in [0.05, 0.1) is 0 Å². The number of hydrogen-bond donors (Lipinski definition) is 1. The average Bonchev–Trinajstić information content (AvgIpc) is 2.65. The molecule has 0 bridgehead atoms. The summed E-state index contributed by atoms with van der Waals surface area (Å²) in [5.41, 5.74) is 1.54. The molecule has 6 nitrogen and oxygen atoms in total. The molecule has 1 saturated heterocycles. The van der Waals surface area contributed by atoms with E-state index in [2.05, 4.69) is 27.1 Å². The van der Waals surface area contributed by atoms with E-state index in [1.807, 2.05) is 36.1 Å². The van der Waals surface area contributed by atoms with E-state index in [9.17, 15) is 4.79 Å². The number of benzene rings is 1. The summed E-state index contributed by atoms with van der Waals surface area (Å²) in [6, 6.07) is 9.56. The summed E-state index contributed by atoms with van der Waals surface area (Å²) in [5.74, 6) is 1.27. The summed E-state index contributed by atoms with van der Waals surface area (Å²) in [6.45, 7) is 7.59. The van der Waals surface area contributed by atoms with Gasteiger partial charge in [-0.25, -0.2) is 9.97 Å². The summed E-state index contributed by atoms with van der Waals surface area (Å²) in [6.07, 6.45) is 0.998. The van der Waals surface area contributed by atoms with Gasteiger partial charge in [0.15, 0.2) is 0 Å². The molecular weight excluding hydrogens is 350 g/mol. The van der Waals surface area contributed by atoms with Crippen LogP contribution in [-0.2, 0) is 0 Å². The van der Waals surface area contributed by atoms with Crippen LogP contribution in [0.25, 0.3) is 0 Å². The molecule has 2 aromatic rings. The van der Waals surface area contributed by atoms with Crippen LogP contribution in [0.5, 0.6) is 0 Å². The third kappa shape index (κ3) is 4.43. The minimum Gasteiger partial charge on any atom is -0.370 e. The van der Waals surface area contributed by atoms with E-state index in [4.69, 9.17) is 11.6 Å². The van der Waals surface area contributed by atoms with Crippen molar-refractivity contribution in [3.63, 3.8) is 0 Å². The zero-order valence-electron chi connectivity index (χ0n) is 15.2.